The maximum atomic E-state index is 12.5. The fourth-order valence-electron chi connectivity index (χ4n) is 0.871. The molecule has 1 heterocycles. The SMILES string of the molecule is Fc1[c]cc2ccsc2c1. The Balaban J connectivity index is 2.86. The number of fused-ring (bicyclic) bond motifs is 1. The molecule has 0 amide bonds. The van der Waals surface area contributed by atoms with Gasteiger partial charge in [-0.3, -0.25) is 0 Å². The summed E-state index contributed by atoms with van der Waals surface area (Å²) >= 11 is 1.54. The standard InChI is InChI=1S/C8H4FS/c9-7-2-1-6-3-4-10-8(6)5-7/h1,3-5H. The van der Waals surface area contributed by atoms with Gasteiger partial charge < -0.3 is 0 Å². The zero-order valence-corrected chi connectivity index (χ0v) is 5.91. The van der Waals surface area contributed by atoms with Gasteiger partial charge in [0.15, 0.2) is 0 Å². The van der Waals surface area contributed by atoms with Crippen LogP contribution in [0.4, 0.5) is 4.39 Å². The molecule has 1 aromatic carbocycles. The highest BCUT2D eigenvalue weighted by Crippen LogP contribution is 2.20. The van der Waals surface area contributed by atoms with E-state index in [1.165, 1.54) is 6.07 Å². The molecule has 2 aromatic rings. The van der Waals surface area contributed by atoms with Crippen molar-refractivity contribution in [2.75, 3.05) is 0 Å². The third-order valence-corrected chi connectivity index (χ3v) is 2.23. The molecular formula is C8H4FS. The summed E-state index contributed by atoms with van der Waals surface area (Å²) < 4.78 is 13.4. The van der Waals surface area contributed by atoms with Gasteiger partial charge in [-0.25, -0.2) is 4.39 Å². The summed E-state index contributed by atoms with van der Waals surface area (Å²) in [5.41, 5.74) is 0. The van der Waals surface area contributed by atoms with E-state index in [0.29, 0.717) is 0 Å². The van der Waals surface area contributed by atoms with Crippen LogP contribution in [0, 0.1) is 11.9 Å². The normalized spacial score (nSPS) is 10.5. The smallest absolute Gasteiger partial charge is 0.132 e. The molecule has 0 saturated heterocycles. The molecule has 0 unspecified atom stereocenters. The monoisotopic (exact) mass is 151 g/mol. The van der Waals surface area contributed by atoms with Crippen LogP contribution in [-0.2, 0) is 0 Å². The number of thiophene rings is 1. The summed E-state index contributed by atoms with van der Waals surface area (Å²) in [6.45, 7) is 0. The van der Waals surface area contributed by atoms with E-state index >= 15 is 0 Å². The van der Waals surface area contributed by atoms with E-state index in [0.717, 1.165) is 10.1 Å². The van der Waals surface area contributed by atoms with Crippen LogP contribution in [0.3, 0.4) is 0 Å². The summed E-state index contributed by atoms with van der Waals surface area (Å²) in [6.07, 6.45) is 0. The van der Waals surface area contributed by atoms with E-state index in [1.54, 1.807) is 17.4 Å². The first-order valence-electron chi connectivity index (χ1n) is 2.91. The fraction of sp³-hybridized carbons (Fsp3) is 0. The van der Waals surface area contributed by atoms with Gasteiger partial charge in [0.1, 0.15) is 5.82 Å². The highest BCUT2D eigenvalue weighted by Gasteiger charge is 1.94. The van der Waals surface area contributed by atoms with Gasteiger partial charge >= 0.3 is 0 Å². The number of benzene rings is 1. The van der Waals surface area contributed by atoms with Crippen molar-refractivity contribution >= 4 is 21.4 Å². The lowest BCUT2D eigenvalue weighted by Crippen LogP contribution is -1.69. The Kier molecular flexibility index (Phi) is 1.21. The van der Waals surface area contributed by atoms with E-state index in [1.807, 2.05) is 11.4 Å². The van der Waals surface area contributed by atoms with Crippen LogP contribution in [-0.4, -0.2) is 0 Å². The number of hydrogen-bond acceptors (Lipinski definition) is 1. The van der Waals surface area contributed by atoms with E-state index in [4.69, 9.17) is 0 Å². The minimum Gasteiger partial charge on any atom is -0.206 e. The maximum Gasteiger partial charge on any atom is 0.132 e. The van der Waals surface area contributed by atoms with Gasteiger partial charge in [0, 0.05) is 10.8 Å². The average molecular weight is 151 g/mol. The minimum absolute atomic E-state index is 0.282. The molecule has 0 aliphatic carbocycles. The molecule has 0 aliphatic rings. The van der Waals surface area contributed by atoms with Crippen LogP contribution < -0.4 is 0 Å². The highest BCUT2D eigenvalue weighted by molar-refractivity contribution is 7.17. The number of hydrogen-bond donors (Lipinski definition) is 0. The van der Waals surface area contributed by atoms with Crippen molar-refractivity contribution < 1.29 is 4.39 Å². The molecule has 49 valence electrons. The first kappa shape index (κ1) is 5.86. The predicted octanol–water partition coefficient (Wildman–Crippen LogP) is 2.84. The van der Waals surface area contributed by atoms with Gasteiger partial charge in [-0.15, -0.1) is 11.3 Å². The Morgan fingerprint density at radius 2 is 2.40 bits per heavy atom. The lowest BCUT2D eigenvalue weighted by Gasteiger charge is -1.86. The molecular weight excluding hydrogens is 147 g/mol. The van der Waals surface area contributed by atoms with Gasteiger partial charge in [0.05, 0.1) is 0 Å². The first-order chi connectivity index (χ1) is 4.86. The van der Waals surface area contributed by atoms with Gasteiger partial charge in [-0.1, -0.05) is 0 Å². The molecule has 0 nitrogen and oxygen atoms in total. The van der Waals surface area contributed by atoms with Crippen molar-refractivity contribution in [3.63, 3.8) is 0 Å². The Hall–Kier alpha value is -0.890. The summed E-state index contributed by atoms with van der Waals surface area (Å²) in [5.74, 6) is -0.282. The number of halogens is 1. The molecule has 0 N–H and O–H groups in total. The van der Waals surface area contributed by atoms with Gasteiger partial charge in [-0.05, 0) is 29.0 Å². The van der Waals surface area contributed by atoms with Crippen LogP contribution in [0.1, 0.15) is 0 Å². The maximum absolute atomic E-state index is 12.5. The zero-order chi connectivity index (χ0) is 6.97. The van der Waals surface area contributed by atoms with Crippen molar-refractivity contribution in [3.8, 4) is 0 Å². The van der Waals surface area contributed by atoms with Gasteiger partial charge in [0.25, 0.3) is 0 Å². The molecule has 0 bridgehead atoms. The molecule has 1 radical (unpaired) electrons. The minimum atomic E-state index is -0.282. The fourth-order valence-corrected chi connectivity index (χ4v) is 1.67. The zero-order valence-electron chi connectivity index (χ0n) is 5.10. The van der Waals surface area contributed by atoms with Crippen molar-refractivity contribution in [1.29, 1.82) is 0 Å². The van der Waals surface area contributed by atoms with E-state index < -0.39 is 0 Å². The molecule has 0 aliphatic heterocycles. The van der Waals surface area contributed by atoms with E-state index in [9.17, 15) is 4.39 Å². The Morgan fingerprint density at radius 1 is 1.50 bits per heavy atom. The van der Waals surface area contributed by atoms with Crippen LogP contribution in [0.25, 0.3) is 10.1 Å². The Morgan fingerprint density at radius 3 is 3.30 bits per heavy atom. The summed E-state index contributed by atoms with van der Waals surface area (Å²) in [5, 5.41) is 3.00. The van der Waals surface area contributed by atoms with Crippen molar-refractivity contribution in [2.45, 2.75) is 0 Å². The molecule has 0 fully saturated rings. The second kappa shape index (κ2) is 2.06. The first-order valence-corrected chi connectivity index (χ1v) is 3.79. The second-order valence-electron chi connectivity index (χ2n) is 2.02. The van der Waals surface area contributed by atoms with Crippen LogP contribution in [0.15, 0.2) is 23.6 Å². The summed E-state index contributed by atoms with van der Waals surface area (Å²) in [7, 11) is 0. The van der Waals surface area contributed by atoms with Crippen molar-refractivity contribution in [2.24, 2.45) is 0 Å². The molecule has 0 atom stereocenters. The Labute approximate surface area is 61.9 Å². The van der Waals surface area contributed by atoms with Crippen LogP contribution >= 0.6 is 11.3 Å². The van der Waals surface area contributed by atoms with E-state index in [-0.39, 0.29) is 5.82 Å². The lowest BCUT2D eigenvalue weighted by molar-refractivity contribution is 0.628. The number of rotatable bonds is 0. The molecule has 0 spiro atoms. The molecule has 2 heteroatoms. The predicted molar refractivity (Wildman–Crippen MR) is 40.6 cm³/mol. The Bertz CT molecular complexity index is 351. The molecule has 0 saturated carbocycles. The summed E-state index contributed by atoms with van der Waals surface area (Å²) in [4.78, 5) is 0. The lowest BCUT2D eigenvalue weighted by atomic mass is 10.3. The topological polar surface area (TPSA) is 0 Å². The molecule has 1 aromatic heterocycles. The summed E-state index contributed by atoms with van der Waals surface area (Å²) in [6, 6.07) is 7.62. The van der Waals surface area contributed by atoms with Crippen molar-refractivity contribution in [1.82, 2.24) is 0 Å². The third kappa shape index (κ3) is 0.809. The highest BCUT2D eigenvalue weighted by atomic mass is 32.1. The second-order valence-corrected chi connectivity index (χ2v) is 2.97. The quantitative estimate of drug-likeness (QED) is 0.543. The van der Waals surface area contributed by atoms with Crippen molar-refractivity contribution in [3.05, 3.63) is 35.5 Å². The average Bonchev–Trinajstić information content (AvgIpc) is 2.33. The largest absolute Gasteiger partial charge is 0.206 e. The third-order valence-electron chi connectivity index (χ3n) is 1.35. The molecule has 10 heavy (non-hydrogen) atoms. The van der Waals surface area contributed by atoms with Gasteiger partial charge in [-0.2, -0.15) is 0 Å². The molecule has 2 rings (SSSR count). The van der Waals surface area contributed by atoms with Crippen LogP contribution in [0.2, 0.25) is 0 Å². The van der Waals surface area contributed by atoms with E-state index in [2.05, 4.69) is 6.07 Å². The van der Waals surface area contributed by atoms with Gasteiger partial charge in [0.2, 0.25) is 0 Å². The van der Waals surface area contributed by atoms with Crippen LogP contribution in [0.5, 0.6) is 0 Å².